The molecule has 2 amide bonds. The SMILES string of the molecule is O=C([C@@H]1CSCN1C(=O)c1ccccc1)N1CCN(CCOc2ccccc2Cl)CC1. The first-order chi connectivity index (χ1) is 15.1. The molecule has 2 aliphatic rings. The summed E-state index contributed by atoms with van der Waals surface area (Å²) in [6.07, 6.45) is 0. The molecule has 2 heterocycles. The first-order valence-electron chi connectivity index (χ1n) is 10.5. The van der Waals surface area contributed by atoms with Crippen LogP contribution in [0.3, 0.4) is 0 Å². The Balaban J connectivity index is 1.26. The smallest absolute Gasteiger partial charge is 0.255 e. The number of hydrogen-bond donors (Lipinski definition) is 0. The third-order valence-corrected chi connectivity index (χ3v) is 6.96. The van der Waals surface area contributed by atoms with Crippen LogP contribution in [0.5, 0.6) is 5.75 Å². The maximum absolute atomic E-state index is 13.2. The number of hydrogen-bond acceptors (Lipinski definition) is 5. The molecule has 6 nitrogen and oxygen atoms in total. The first-order valence-corrected chi connectivity index (χ1v) is 12.0. The van der Waals surface area contributed by atoms with Crippen molar-refractivity contribution in [3.63, 3.8) is 0 Å². The number of thioether (sulfide) groups is 1. The van der Waals surface area contributed by atoms with E-state index in [0.29, 0.717) is 47.7 Å². The van der Waals surface area contributed by atoms with E-state index in [1.807, 2.05) is 47.4 Å². The Morgan fingerprint density at radius 2 is 1.71 bits per heavy atom. The maximum Gasteiger partial charge on any atom is 0.255 e. The zero-order valence-corrected chi connectivity index (χ0v) is 18.9. The molecule has 1 atom stereocenters. The fourth-order valence-electron chi connectivity index (χ4n) is 3.84. The van der Waals surface area contributed by atoms with Gasteiger partial charge >= 0.3 is 0 Å². The largest absolute Gasteiger partial charge is 0.491 e. The van der Waals surface area contributed by atoms with Crippen molar-refractivity contribution in [1.82, 2.24) is 14.7 Å². The molecule has 2 aromatic rings. The highest BCUT2D eigenvalue weighted by atomic mass is 35.5. The molecule has 0 radical (unpaired) electrons. The lowest BCUT2D eigenvalue weighted by Crippen LogP contribution is -2.55. The van der Waals surface area contributed by atoms with Gasteiger partial charge in [0, 0.05) is 44.0 Å². The molecule has 0 bridgehead atoms. The highest BCUT2D eigenvalue weighted by Gasteiger charge is 2.38. The van der Waals surface area contributed by atoms with Crippen LogP contribution in [0.15, 0.2) is 54.6 Å². The first kappa shape index (κ1) is 22.0. The van der Waals surface area contributed by atoms with Gasteiger partial charge in [0.2, 0.25) is 5.91 Å². The standard InChI is InChI=1S/C23H26ClN3O3S/c24-19-8-4-5-9-21(19)30-15-14-25-10-12-26(13-11-25)23(29)20-16-31-17-27(20)22(28)18-6-2-1-3-7-18/h1-9,20H,10-17H2/t20-/m0/s1. The van der Waals surface area contributed by atoms with Crippen molar-refractivity contribution in [2.75, 3.05) is 51.0 Å². The van der Waals surface area contributed by atoms with Crippen molar-refractivity contribution < 1.29 is 14.3 Å². The van der Waals surface area contributed by atoms with Gasteiger partial charge in [-0.1, -0.05) is 41.9 Å². The lowest BCUT2D eigenvalue weighted by Gasteiger charge is -2.37. The van der Waals surface area contributed by atoms with E-state index < -0.39 is 0 Å². The zero-order valence-electron chi connectivity index (χ0n) is 17.3. The van der Waals surface area contributed by atoms with Crippen LogP contribution in [0, 0.1) is 0 Å². The van der Waals surface area contributed by atoms with Crippen molar-refractivity contribution in [2.24, 2.45) is 0 Å². The summed E-state index contributed by atoms with van der Waals surface area (Å²) in [4.78, 5) is 31.9. The van der Waals surface area contributed by atoms with Crippen LogP contribution < -0.4 is 4.74 Å². The molecule has 8 heteroatoms. The molecule has 0 aromatic heterocycles. The number of halogens is 1. The van der Waals surface area contributed by atoms with Gasteiger partial charge in [-0.15, -0.1) is 11.8 Å². The Hall–Kier alpha value is -2.22. The van der Waals surface area contributed by atoms with E-state index in [1.54, 1.807) is 28.8 Å². The summed E-state index contributed by atoms with van der Waals surface area (Å²) in [6.45, 7) is 4.26. The third kappa shape index (κ3) is 5.34. The van der Waals surface area contributed by atoms with E-state index in [9.17, 15) is 9.59 Å². The van der Waals surface area contributed by atoms with Gasteiger partial charge in [0.25, 0.3) is 5.91 Å². The van der Waals surface area contributed by atoms with Gasteiger partial charge in [-0.05, 0) is 24.3 Å². The van der Waals surface area contributed by atoms with Crippen LogP contribution >= 0.6 is 23.4 Å². The number of piperazine rings is 1. The fourth-order valence-corrected chi connectivity index (χ4v) is 5.18. The van der Waals surface area contributed by atoms with Crippen molar-refractivity contribution in [2.45, 2.75) is 6.04 Å². The molecule has 4 rings (SSSR count). The molecule has 0 aliphatic carbocycles. The van der Waals surface area contributed by atoms with Crippen LogP contribution in [0.1, 0.15) is 10.4 Å². The topological polar surface area (TPSA) is 53.1 Å². The second-order valence-electron chi connectivity index (χ2n) is 7.60. The highest BCUT2D eigenvalue weighted by molar-refractivity contribution is 7.99. The average Bonchev–Trinajstić information content (AvgIpc) is 3.30. The molecule has 0 spiro atoms. The number of nitrogens with zero attached hydrogens (tertiary/aromatic N) is 3. The minimum absolute atomic E-state index is 0.0567. The Kier molecular flexibility index (Phi) is 7.37. The number of benzene rings is 2. The number of carbonyl (C=O) groups is 2. The van der Waals surface area contributed by atoms with E-state index in [1.165, 1.54) is 0 Å². The quantitative estimate of drug-likeness (QED) is 0.664. The van der Waals surface area contributed by atoms with Crippen LogP contribution in [0.2, 0.25) is 5.02 Å². The van der Waals surface area contributed by atoms with Crippen LogP contribution in [0.4, 0.5) is 0 Å². The molecule has 31 heavy (non-hydrogen) atoms. The van der Waals surface area contributed by atoms with Crippen LogP contribution in [-0.4, -0.2) is 83.5 Å². The summed E-state index contributed by atoms with van der Waals surface area (Å²) in [7, 11) is 0. The summed E-state index contributed by atoms with van der Waals surface area (Å²) in [6, 6.07) is 16.3. The van der Waals surface area contributed by atoms with Gasteiger partial charge in [-0.2, -0.15) is 0 Å². The molecular weight excluding hydrogens is 434 g/mol. The number of rotatable bonds is 6. The Morgan fingerprint density at radius 3 is 2.45 bits per heavy atom. The van der Waals surface area contributed by atoms with Gasteiger partial charge in [-0.25, -0.2) is 0 Å². The second-order valence-corrected chi connectivity index (χ2v) is 9.01. The van der Waals surface area contributed by atoms with E-state index in [4.69, 9.17) is 16.3 Å². The summed E-state index contributed by atoms with van der Waals surface area (Å²) in [5.41, 5.74) is 0.631. The van der Waals surface area contributed by atoms with E-state index >= 15 is 0 Å². The second kappa shape index (κ2) is 10.4. The number of amides is 2. The van der Waals surface area contributed by atoms with Gasteiger partial charge in [-0.3, -0.25) is 14.5 Å². The lowest BCUT2D eigenvalue weighted by atomic mass is 10.1. The number of para-hydroxylation sites is 1. The van der Waals surface area contributed by atoms with E-state index in [-0.39, 0.29) is 17.9 Å². The van der Waals surface area contributed by atoms with Crippen molar-refractivity contribution in [3.8, 4) is 5.75 Å². The molecule has 0 saturated carbocycles. The summed E-state index contributed by atoms with van der Waals surface area (Å²) < 4.78 is 5.78. The monoisotopic (exact) mass is 459 g/mol. The summed E-state index contributed by atoms with van der Waals surface area (Å²) >= 11 is 7.76. The molecule has 0 unspecified atom stereocenters. The maximum atomic E-state index is 13.2. The highest BCUT2D eigenvalue weighted by Crippen LogP contribution is 2.25. The van der Waals surface area contributed by atoms with Crippen LogP contribution in [0.25, 0.3) is 0 Å². The van der Waals surface area contributed by atoms with Crippen molar-refractivity contribution in [1.29, 1.82) is 0 Å². The summed E-state index contributed by atoms with van der Waals surface area (Å²) in [5.74, 6) is 1.90. The zero-order chi connectivity index (χ0) is 21.6. The van der Waals surface area contributed by atoms with Gasteiger partial charge in [0.1, 0.15) is 18.4 Å². The Bertz CT molecular complexity index is 906. The predicted molar refractivity (Wildman–Crippen MR) is 124 cm³/mol. The van der Waals surface area contributed by atoms with Crippen molar-refractivity contribution >= 4 is 35.2 Å². The van der Waals surface area contributed by atoms with Gasteiger partial charge in [0.15, 0.2) is 0 Å². The predicted octanol–water partition coefficient (Wildman–Crippen LogP) is 3.08. The molecule has 2 fully saturated rings. The lowest BCUT2D eigenvalue weighted by molar-refractivity contribution is -0.136. The summed E-state index contributed by atoms with van der Waals surface area (Å²) in [5, 5.41) is 0.613. The van der Waals surface area contributed by atoms with E-state index in [0.717, 1.165) is 19.6 Å². The molecule has 2 aromatic carbocycles. The van der Waals surface area contributed by atoms with Gasteiger partial charge < -0.3 is 14.5 Å². The molecule has 2 aliphatic heterocycles. The number of ether oxygens (including phenoxy) is 1. The molecular formula is C23H26ClN3O3S. The Labute approximate surface area is 192 Å². The van der Waals surface area contributed by atoms with E-state index in [2.05, 4.69) is 4.90 Å². The fraction of sp³-hybridized carbons (Fsp3) is 0.391. The Morgan fingerprint density at radius 1 is 1.00 bits per heavy atom. The normalized spacial score (nSPS) is 19.5. The number of carbonyl (C=O) groups excluding carboxylic acids is 2. The minimum Gasteiger partial charge on any atom is -0.491 e. The third-order valence-electron chi connectivity index (χ3n) is 5.63. The molecule has 0 N–H and O–H groups in total. The van der Waals surface area contributed by atoms with Crippen molar-refractivity contribution in [3.05, 3.63) is 65.2 Å². The average molecular weight is 460 g/mol. The van der Waals surface area contributed by atoms with Gasteiger partial charge in [0.05, 0.1) is 10.9 Å². The molecule has 2 saturated heterocycles. The minimum atomic E-state index is -0.382. The van der Waals surface area contributed by atoms with Crippen LogP contribution in [-0.2, 0) is 4.79 Å². The molecule has 164 valence electrons.